The van der Waals surface area contributed by atoms with Gasteiger partial charge in [0.25, 0.3) is 0 Å². The van der Waals surface area contributed by atoms with Crippen molar-refractivity contribution in [3.63, 3.8) is 0 Å². The van der Waals surface area contributed by atoms with Crippen molar-refractivity contribution >= 4 is 35.2 Å². The zero-order valence-corrected chi connectivity index (χ0v) is 10.2. The second kappa shape index (κ2) is 4.27. The first-order chi connectivity index (χ1) is 7.57. The van der Waals surface area contributed by atoms with Crippen LogP contribution in [0.3, 0.4) is 0 Å². The molecule has 0 aromatic rings. The number of carbonyl (C=O) groups excluding carboxylic acids is 2. The lowest BCUT2D eigenvalue weighted by atomic mass is 10.1. The van der Waals surface area contributed by atoms with E-state index in [0.29, 0.717) is 10.8 Å². The van der Waals surface area contributed by atoms with Gasteiger partial charge in [0.15, 0.2) is 0 Å². The molecule has 0 radical (unpaired) electrons. The molecule has 1 unspecified atom stereocenters. The number of nitrogens with two attached hydrogens (primary N) is 1. The minimum absolute atomic E-state index is 0.152. The molecule has 0 saturated carbocycles. The number of ether oxygens (including phenoxy) is 1. The average Bonchev–Trinajstić information content (AvgIpc) is 2.27. The van der Waals surface area contributed by atoms with Gasteiger partial charge in [-0.25, -0.2) is 4.79 Å². The molecule has 0 aromatic heterocycles. The van der Waals surface area contributed by atoms with Crippen molar-refractivity contribution in [1.82, 2.24) is 4.90 Å². The van der Waals surface area contributed by atoms with Crippen molar-refractivity contribution in [1.29, 1.82) is 0 Å². The quantitative estimate of drug-likeness (QED) is 0.570. The van der Waals surface area contributed by atoms with E-state index >= 15 is 0 Å². The first-order valence-electron chi connectivity index (χ1n) is 4.84. The number of thioether (sulfide) groups is 1. The number of hydrogen-bond donors (Lipinski definition) is 1. The molecule has 2 aliphatic rings. The Balaban J connectivity index is 2.27. The zero-order valence-electron chi connectivity index (χ0n) is 8.60. The zero-order chi connectivity index (χ0) is 11.9. The van der Waals surface area contributed by atoms with E-state index in [1.165, 1.54) is 16.7 Å². The maximum absolute atomic E-state index is 11.6. The molecule has 2 aliphatic heterocycles. The number of esters is 1. The molecular weight excluding hydrogens is 252 g/mol. The molecule has 7 heteroatoms. The van der Waals surface area contributed by atoms with Gasteiger partial charge in [0.2, 0.25) is 5.91 Å². The van der Waals surface area contributed by atoms with E-state index in [-0.39, 0.29) is 23.6 Å². The predicted octanol–water partition coefficient (Wildman–Crippen LogP) is 0.242. The molecule has 0 spiro atoms. The molecule has 2 atom stereocenters. The van der Waals surface area contributed by atoms with Crippen molar-refractivity contribution in [2.45, 2.75) is 18.3 Å². The molecule has 2 N–H and O–H groups in total. The minimum atomic E-state index is -0.557. The van der Waals surface area contributed by atoms with E-state index in [1.54, 1.807) is 6.92 Å². The lowest BCUT2D eigenvalue weighted by molar-refractivity contribution is -0.150. The summed E-state index contributed by atoms with van der Waals surface area (Å²) in [6, 6.07) is -0.542. The van der Waals surface area contributed by atoms with Gasteiger partial charge in [0.05, 0.1) is 11.6 Å². The Bertz CT molecular complexity index is 385. The van der Waals surface area contributed by atoms with Crippen molar-refractivity contribution in [3.05, 3.63) is 10.7 Å². The minimum Gasteiger partial charge on any atom is -0.461 e. The number of halogens is 1. The normalized spacial score (nSPS) is 28.7. The molecular formula is C9H11ClN2O3S. The molecule has 5 nitrogen and oxygen atoms in total. The maximum Gasteiger partial charge on any atom is 0.356 e. The number of fused-ring (bicyclic) bond motifs is 1. The SMILES string of the molecule is CCOC(=O)C1=C(Cl)CS[C@@H]2C(N)C(=O)N12. The van der Waals surface area contributed by atoms with Crippen LogP contribution in [-0.4, -0.2) is 40.6 Å². The number of β-lactam (4-membered cyclic amide) rings is 1. The summed E-state index contributed by atoms with van der Waals surface area (Å²) >= 11 is 7.40. The molecule has 0 bridgehead atoms. The Hall–Kier alpha value is -0.720. The summed E-state index contributed by atoms with van der Waals surface area (Å²) < 4.78 is 4.86. The summed E-state index contributed by atoms with van der Waals surface area (Å²) in [5.74, 6) is -0.353. The second-order valence-electron chi connectivity index (χ2n) is 3.41. The fourth-order valence-electron chi connectivity index (χ4n) is 1.67. The highest BCUT2D eigenvalue weighted by Crippen LogP contribution is 2.40. The summed E-state index contributed by atoms with van der Waals surface area (Å²) in [6.45, 7) is 1.95. The van der Waals surface area contributed by atoms with Gasteiger partial charge < -0.3 is 10.5 Å². The molecule has 1 fully saturated rings. The smallest absolute Gasteiger partial charge is 0.356 e. The Morgan fingerprint density at radius 1 is 1.75 bits per heavy atom. The average molecular weight is 263 g/mol. The topological polar surface area (TPSA) is 72.6 Å². The number of carbonyl (C=O) groups is 2. The van der Waals surface area contributed by atoms with Gasteiger partial charge in [0.1, 0.15) is 17.1 Å². The fourth-order valence-corrected chi connectivity index (χ4v) is 3.16. The van der Waals surface area contributed by atoms with Crippen LogP contribution in [0.4, 0.5) is 0 Å². The van der Waals surface area contributed by atoms with E-state index < -0.39 is 12.0 Å². The third-order valence-electron chi connectivity index (χ3n) is 2.43. The third-order valence-corrected chi connectivity index (χ3v) is 4.20. The van der Waals surface area contributed by atoms with Crippen molar-refractivity contribution in [2.75, 3.05) is 12.4 Å². The highest BCUT2D eigenvalue weighted by Gasteiger charge is 2.51. The Labute approximate surface area is 102 Å². The van der Waals surface area contributed by atoms with Gasteiger partial charge in [-0.2, -0.15) is 0 Å². The summed E-state index contributed by atoms with van der Waals surface area (Å²) in [7, 11) is 0. The van der Waals surface area contributed by atoms with Crippen LogP contribution in [-0.2, 0) is 14.3 Å². The Morgan fingerprint density at radius 3 is 3.06 bits per heavy atom. The first-order valence-corrected chi connectivity index (χ1v) is 6.26. The van der Waals surface area contributed by atoms with Crippen molar-refractivity contribution in [2.24, 2.45) is 5.73 Å². The lowest BCUT2D eigenvalue weighted by Crippen LogP contribution is -2.68. The maximum atomic E-state index is 11.6. The van der Waals surface area contributed by atoms with Crippen LogP contribution in [0, 0.1) is 0 Å². The summed E-state index contributed by atoms with van der Waals surface area (Å²) in [5, 5.41) is 0.161. The van der Waals surface area contributed by atoms with Gasteiger partial charge in [0, 0.05) is 5.75 Å². The van der Waals surface area contributed by atoms with Crippen molar-refractivity contribution in [3.8, 4) is 0 Å². The van der Waals surface area contributed by atoms with E-state index in [0.717, 1.165) is 0 Å². The summed E-state index contributed by atoms with van der Waals surface area (Å²) in [6.07, 6.45) is 0. The van der Waals surface area contributed by atoms with E-state index in [1.807, 2.05) is 0 Å². The van der Waals surface area contributed by atoms with E-state index in [2.05, 4.69) is 0 Å². The lowest BCUT2D eigenvalue weighted by Gasteiger charge is -2.47. The predicted molar refractivity (Wildman–Crippen MR) is 60.6 cm³/mol. The van der Waals surface area contributed by atoms with Crippen LogP contribution in [0.15, 0.2) is 10.7 Å². The highest BCUT2D eigenvalue weighted by molar-refractivity contribution is 8.00. The fraction of sp³-hybridized carbons (Fsp3) is 0.556. The Morgan fingerprint density at radius 2 is 2.44 bits per heavy atom. The van der Waals surface area contributed by atoms with E-state index in [4.69, 9.17) is 22.1 Å². The molecule has 16 heavy (non-hydrogen) atoms. The standard InChI is InChI=1S/C9H11ClN2O3S/c1-2-15-9(14)6-4(10)3-16-8-5(11)7(13)12(6)8/h5,8H,2-3,11H2,1H3/t5?,8-/m1/s1. The van der Waals surface area contributed by atoms with Crippen LogP contribution in [0.5, 0.6) is 0 Å². The molecule has 0 aromatic carbocycles. The van der Waals surface area contributed by atoms with Crippen molar-refractivity contribution < 1.29 is 14.3 Å². The highest BCUT2D eigenvalue weighted by atomic mass is 35.5. The van der Waals surface area contributed by atoms with Gasteiger partial charge in [-0.3, -0.25) is 9.69 Å². The number of hydrogen-bond acceptors (Lipinski definition) is 5. The third kappa shape index (κ3) is 1.61. The molecule has 2 rings (SSSR count). The van der Waals surface area contributed by atoms with Crippen LogP contribution in [0.2, 0.25) is 0 Å². The largest absolute Gasteiger partial charge is 0.461 e. The van der Waals surface area contributed by atoms with Gasteiger partial charge in [-0.05, 0) is 6.92 Å². The molecule has 1 amide bonds. The first kappa shape index (κ1) is 11.8. The van der Waals surface area contributed by atoms with Gasteiger partial charge in [-0.1, -0.05) is 11.6 Å². The number of nitrogens with zero attached hydrogens (tertiary/aromatic N) is 1. The Kier molecular flexibility index (Phi) is 3.14. The van der Waals surface area contributed by atoms with Crippen LogP contribution < -0.4 is 5.73 Å². The van der Waals surface area contributed by atoms with Crippen LogP contribution in [0.1, 0.15) is 6.92 Å². The molecule has 1 saturated heterocycles. The number of amides is 1. The van der Waals surface area contributed by atoms with Gasteiger partial charge in [-0.15, -0.1) is 11.8 Å². The monoisotopic (exact) mass is 262 g/mol. The number of rotatable bonds is 2. The van der Waals surface area contributed by atoms with E-state index in [9.17, 15) is 9.59 Å². The summed E-state index contributed by atoms with van der Waals surface area (Å²) in [4.78, 5) is 24.5. The van der Waals surface area contributed by atoms with Gasteiger partial charge >= 0.3 is 5.97 Å². The molecule has 2 heterocycles. The summed E-state index contributed by atoms with van der Waals surface area (Å²) in [5.41, 5.74) is 5.78. The van der Waals surface area contributed by atoms with Crippen LogP contribution >= 0.6 is 23.4 Å². The second-order valence-corrected chi connectivity index (χ2v) is 4.97. The van der Waals surface area contributed by atoms with Crippen LogP contribution in [0.25, 0.3) is 0 Å². The molecule has 0 aliphatic carbocycles. The molecule has 88 valence electrons.